The van der Waals surface area contributed by atoms with Gasteiger partial charge in [-0.05, 0) is 24.3 Å². The molecule has 1 heterocycles. The van der Waals surface area contributed by atoms with E-state index in [0.29, 0.717) is 17.1 Å². The maximum Gasteiger partial charge on any atom is 0.248 e. The zero-order chi connectivity index (χ0) is 13.8. The van der Waals surface area contributed by atoms with Gasteiger partial charge in [0.25, 0.3) is 0 Å². The lowest BCUT2D eigenvalue weighted by Crippen LogP contribution is -1.96. The molecular weight excluding hydrogens is 267 g/mol. The molecule has 2 rings (SSSR count). The van der Waals surface area contributed by atoms with Crippen LogP contribution in [0.2, 0.25) is 0 Å². The van der Waals surface area contributed by atoms with Crippen LogP contribution in [-0.4, -0.2) is 9.91 Å². The molecule has 0 bridgehead atoms. The molecule has 0 N–H and O–H groups in total. The number of aromatic nitrogens is 1. The molecule has 0 amide bonds. The third kappa shape index (κ3) is 3.23. The van der Waals surface area contributed by atoms with Crippen molar-refractivity contribution in [3.63, 3.8) is 0 Å². The van der Waals surface area contributed by atoms with Crippen LogP contribution < -0.4 is 0 Å². The molecule has 0 radical (unpaired) electrons. The molecule has 1 aromatic carbocycles. The van der Waals surface area contributed by atoms with E-state index in [-0.39, 0.29) is 11.5 Å². The largest absolute Gasteiger partial charge is 0.259 e. The summed E-state index contributed by atoms with van der Waals surface area (Å²) in [5.41, 5.74) is 1.47. The van der Waals surface area contributed by atoms with E-state index in [2.05, 4.69) is 4.98 Å². The highest BCUT2D eigenvalue weighted by Crippen LogP contribution is 2.25. The Morgan fingerprint density at radius 2 is 2.16 bits per heavy atom. The number of nitro groups is 1. The molecule has 98 valence electrons. The van der Waals surface area contributed by atoms with Crippen molar-refractivity contribution < 1.29 is 9.31 Å². The standard InChI is InChI=1S/C13H11FN2O2S/c1-2-12(16(17)18)7-11-8-19-13(15-11)9-3-5-10(14)6-4-9/h3-8H,2H2,1H3/b12-7+. The average molecular weight is 278 g/mol. The molecule has 4 nitrogen and oxygen atoms in total. The summed E-state index contributed by atoms with van der Waals surface area (Å²) in [5.74, 6) is -0.304. The summed E-state index contributed by atoms with van der Waals surface area (Å²) in [6.45, 7) is 1.72. The molecule has 6 heteroatoms. The molecule has 0 aliphatic heterocycles. The monoisotopic (exact) mass is 278 g/mol. The van der Waals surface area contributed by atoms with Crippen LogP contribution in [0.5, 0.6) is 0 Å². The van der Waals surface area contributed by atoms with Gasteiger partial charge in [-0.25, -0.2) is 9.37 Å². The number of hydrogen-bond acceptors (Lipinski definition) is 4. The van der Waals surface area contributed by atoms with Gasteiger partial charge in [0.1, 0.15) is 10.8 Å². The summed E-state index contributed by atoms with van der Waals surface area (Å²) in [4.78, 5) is 14.6. The lowest BCUT2D eigenvalue weighted by molar-refractivity contribution is -0.425. The summed E-state index contributed by atoms with van der Waals surface area (Å²) in [7, 11) is 0. The van der Waals surface area contributed by atoms with E-state index in [1.54, 1.807) is 24.4 Å². The lowest BCUT2D eigenvalue weighted by atomic mass is 10.2. The Hall–Kier alpha value is -2.08. The number of rotatable bonds is 4. The van der Waals surface area contributed by atoms with E-state index >= 15 is 0 Å². The van der Waals surface area contributed by atoms with Crippen LogP contribution in [0.4, 0.5) is 4.39 Å². The molecule has 0 unspecified atom stereocenters. The number of halogens is 1. The summed E-state index contributed by atoms with van der Waals surface area (Å²) in [5, 5.41) is 13.2. The van der Waals surface area contributed by atoms with Crippen LogP contribution in [-0.2, 0) is 0 Å². The Kier molecular flexibility index (Phi) is 4.01. The Labute approximate surface area is 113 Å². The summed E-state index contributed by atoms with van der Waals surface area (Å²) in [6, 6.07) is 5.99. The van der Waals surface area contributed by atoms with E-state index in [1.165, 1.54) is 29.5 Å². The van der Waals surface area contributed by atoms with Gasteiger partial charge in [0.05, 0.1) is 10.6 Å². The van der Waals surface area contributed by atoms with E-state index in [1.807, 2.05) is 0 Å². The minimum atomic E-state index is -0.406. The molecule has 0 saturated heterocycles. The molecule has 0 atom stereocenters. The van der Waals surface area contributed by atoms with Crippen molar-refractivity contribution in [2.45, 2.75) is 13.3 Å². The SMILES string of the molecule is CC/C(=C\c1csc(-c2ccc(F)cc2)n1)[N+](=O)[O-]. The zero-order valence-electron chi connectivity index (χ0n) is 10.2. The van der Waals surface area contributed by atoms with Crippen LogP contribution in [0.3, 0.4) is 0 Å². The summed E-state index contributed by atoms with van der Waals surface area (Å²) >= 11 is 1.37. The van der Waals surface area contributed by atoms with Gasteiger partial charge in [-0.1, -0.05) is 6.92 Å². The van der Waals surface area contributed by atoms with Crippen molar-refractivity contribution >= 4 is 17.4 Å². The molecule has 0 spiro atoms. The zero-order valence-corrected chi connectivity index (χ0v) is 11.0. The normalized spacial score (nSPS) is 11.6. The molecule has 0 aliphatic carbocycles. The van der Waals surface area contributed by atoms with Crippen molar-refractivity contribution in [3.8, 4) is 10.6 Å². The van der Waals surface area contributed by atoms with Crippen molar-refractivity contribution in [2.75, 3.05) is 0 Å². The quantitative estimate of drug-likeness (QED) is 0.628. The summed E-state index contributed by atoms with van der Waals surface area (Å²) in [6.07, 6.45) is 1.81. The summed E-state index contributed by atoms with van der Waals surface area (Å²) < 4.78 is 12.8. The van der Waals surface area contributed by atoms with Crippen molar-refractivity contribution in [2.24, 2.45) is 0 Å². The fourth-order valence-corrected chi connectivity index (χ4v) is 2.32. The number of hydrogen-bond donors (Lipinski definition) is 0. The number of allylic oxidation sites excluding steroid dienone is 1. The Morgan fingerprint density at radius 3 is 2.74 bits per heavy atom. The van der Waals surface area contributed by atoms with Gasteiger partial charge in [0, 0.05) is 23.4 Å². The first-order chi connectivity index (χ1) is 9.10. The van der Waals surface area contributed by atoms with Crippen LogP contribution in [0.1, 0.15) is 19.0 Å². The second-order valence-corrected chi connectivity index (χ2v) is 4.69. The number of thiazole rings is 1. The highest BCUT2D eigenvalue weighted by Gasteiger charge is 2.10. The third-order valence-corrected chi connectivity index (χ3v) is 3.43. The van der Waals surface area contributed by atoms with Gasteiger partial charge in [-0.15, -0.1) is 11.3 Å². The van der Waals surface area contributed by atoms with Crippen LogP contribution in [0.15, 0.2) is 35.3 Å². The van der Waals surface area contributed by atoms with Gasteiger partial charge in [0.15, 0.2) is 0 Å². The van der Waals surface area contributed by atoms with Gasteiger partial charge >= 0.3 is 0 Å². The fourth-order valence-electron chi connectivity index (χ4n) is 1.53. The van der Waals surface area contributed by atoms with E-state index in [0.717, 1.165) is 5.56 Å². The molecule has 0 aliphatic rings. The van der Waals surface area contributed by atoms with E-state index < -0.39 is 4.92 Å². The highest BCUT2D eigenvalue weighted by atomic mass is 32.1. The minimum absolute atomic E-state index is 0.121. The Morgan fingerprint density at radius 1 is 1.47 bits per heavy atom. The fraction of sp³-hybridized carbons (Fsp3) is 0.154. The van der Waals surface area contributed by atoms with Crippen LogP contribution >= 0.6 is 11.3 Å². The first-order valence-corrected chi connectivity index (χ1v) is 6.54. The number of nitrogens with zero attached hydrogens (tertiary/aromatic N) is 2. The molecule has 19 heavy (non-hydrogen) atoms. The third-order valence-electron chi connectivity index (χ3n) is 2.52. The predicted molar refractivity (Wildman–Crippen MR) is 72.8 cm³/mol. The lowest BCUT2D eigenvalue weighted by Gasteiger charge is -1.95. The van der Waals surface area contributed by atoms with E-state index in [9.17, 15) is 14.5 Å². The van der Waals surface area contributed by atoms with Crippen molar-refractivity contribution in [3.05, 3.63) is 57.0 Å². The second-order valence-electron chi connectivity index (χ2n) is 3.83. The Bertz CT molecular complexity index is 620. The maximum absolute atomic E-state index is 12.8. The first-order valence-electron chi connectivity index (χ1n) is 5.66. The number of benzene rings is 1. The minimum Gasteiger partial charge on any atom is -0.259 e. The Balaban J connectivity index is 2.29. The van der Waals surface area contributed by atoms with Crippen LogP contribution in [0.25, 0.3) is 16.6 Å². The molecule has 1 aromatic heterocycles. The van der Waals surface area contributed by atoms with E-state index in [4.69, 9.17) is 0 Å². The molecule has 0 fully saturated rings. The van der Waals surface area contributed by atoms with Gasteiger partial charge < -0.3 is 0 Å². The average Bonchev–Trinajstić information content (AvgIpc) is 2.85. The van der Waals surface area contributed by atoms with Gasteiger partial charge in [0.2, 0.25) is 5.70 Å². The predicted octanol–water partition coefficient (Wildman–Crippen LogP) is 3.98. The molecule has 0 saturated carbocycles. The molecular formula is C13H11FN2O2S. The maximum atomic E-state index is 12.8. The smallest absolute Gasteiger partial charge is 0.248 e. The van der Waals surface area contributed by atoms with Crippen molar-refractivity contribution in [1.82, 2.24) is 4.98 Å². The first kappa shape index (κ1) is 13.4. The van der Waals surface area contributed by atoms with Gasteiger partial charge in [-0.3, -0.25) is 10.1 Å². The topological polar surface area (TPSA) is 56.0 Å². The highest BCUT2D eigenvalue weighted by molar-refractivity contribution is 7.13. The van der Waals surface area contributed by atoms with Crippen molar-refractivity contribution in [1.29, 1.82) is 0 Å². The second kappa shape index (κ2) is 5.71. The van der Waals surface area contributed by atoms with Crippen LogP contribution in [0, 0.1) is 15.9 Å². The molecule has 2 aromatic rings. The van der Waals surface area contributed by atoms with Gasteiger partial charge in [-0.2, -0.15) is 0 Å².